The summed E-state index contributed by atoms with van der Waals surface area (Å²) in [5, 5.41) is 0. The van der Waals surface area contributed by atoms with E-state index in [0.717, 1.165) is 4.57 Å². The molecule has 1 aliphatic rings. The third kappa shape index (κ3) is 2.04. The molecule has 3 heterocycles. The summed E-state index contributed by atoms with van der Waals surface area (Å²) in [7, 11) is -3.69. The molecule has 1 aliphatic heterocycles. The molecule has 0 N–H and O–H groups in total. The second-order valence-electron chi connectivity index (χ2n) is 5.26. The normalized spacial score (nSPS) is 14.7. The Morgan fingerprint density at radius 3 is 2.54 bits per heavy atom. The first-order valence-corrected chi connectivity index (χ1v) is 8.67. The molecular weight excluding hydrogens is 332 g/mol. The molecule has 0 saturated heterocycles. The van der Waals surface area contributed by atoms with E-state index in [4.69, 9.17) is 4.42 Å². The van der Waals surface area contributed by atoms with E-state index in [1.54, 1.807) is 24.3 Å². The fourth-order valence-electron chi connectivity index (χ4n) is 2.73. The van der Waals surface area contributed by atoms with E-state index in [-0.39, 0.29) is 27.6 Å². The molecule has 0 atom stereocenters. The summed E-state index contributed by atoms with van der Waals surface area (Å²) in [6.45, 7) is 0. The predicted octanol–water partition coefficient (Wildman–Crippen LogP) is 1.14. The fourth-order valence-corrected chi connectivity index (χ4v) is 4.30. The fraction of sp³-hybridized carbons (Fsp3) is 0.0625. The average Bonchev–Trinajstić information content (AvgIpc) is 2.57. The molecule has 0 bridgehead atoms. The van der Waals surface area contributed by atoms with Gasteiger partial charge >= 0.3 is 5.76 Å². The van der Waals surface area contributed by atoms with Crippen LogP contribution in [-0.2, 0) is 15.6 Å². The summed E-state index contributed by atoms with van der Waals surface area (Å²) < 4.78 is 30.9. The van der Waals surface area contributed by atoms with Gasteiger partial charge in [-0.1, -0.05) is 18.2 Å². The van der Waals surface area contributed by atoms with Crippen molar-refractivity contribution in [1.29, 1.82) is 0 Å². The molecule has 0 radical (unpaired) electrons. The number of benzene rings is 1. The van der Waals surface area contributed by atoms with E-state index in [1.165, 1.54) is 24.4 Å². The third-order valence-corrected chi connectivity index (χ3v) is 5.48. The Labute approximate surface area is 135 Å². The topological polar surface area (TPSA) is 99.2 Å². The zero-order valence-corrected chi connectivity index (χ0v) is 13.0. The van der Waals surface area contributed by atoms with E-state index in [9.17, 15) is 18.0 Å². The van der Waals surface area contributed by atoms with Crippen LogP contribution in [0.3, 0.4) is 0 Å². The molecule has 120 valence electrons. The zero-order chi connectivity index (χ0) is 16.9. The second kappa shape index (κ2) is 5.00. The van der Waals surface area contributed by atoms with Crippen molar-refractivity contribution in [2.24, 2.45) is 0 Å². The lowest BCUT2D eigenvalue weighted by Crippen LogP contribution is -2.36. The van der Waals surface area contributed by atoms with Crippen molar-refractivity contribution < 1.29 is 12.8 Å². The molecule has 0 aliphatic carbocycles. The molecule has 4 rings (SSSR count). The average molecular weight is 342 g/mol. The summed E-state index contributed by atoms with van der Waals surface area (Å²) in [4.78, 5) is 29.0. The summed E-state index contributed by atoms with van der Waals surface area (Å²) in [6.07, 6.45) is 1.42. The Hall–Kier alpha value is -3.00. The number of pyridine rings is 1. The van der Waals surface area contributed by atoms with Crippen LogP contribution in [0.1, 0.15) is 5.56 Å². The highest BCUT2D eigenvalue weighted by Crippen LogP contribution is 2.35. The number of rotatable bonds is 1. The lowest BCUT2D eigenvalue weighted by molar-refractivity contribution is 0.461. The Kier molecular flexibility index (Phi) is 3.04. The van der Waals surface area contributed by atoms with E-state index in [0.29, 0.717) is 0 Å². The van der Waals surface area contributed by atoms with Crippen LogP contribution in [0.2, 0.25) is 0 Å². The van der Waals surface area contributed by atoms with E-state index < -0.39 is 26.9 Å². The lowest BCUT2D eigenvalue weighted by Gasteiger charge is -2.18. The van der Waals surface area contributed by atoms with Crippen molar-refractivity contribution in [3.63, 3.8) is 0 Å². The van der Waals surface area contributed by atoms with Gasteiger partial charge in [0.15, 0.2) is 15.6 Å². The highest BCUT2D eigenvalue weighted by Gasteiger charge is 2.33. The number of hydrogen-bond donors (Lipinski definition) is 0. The van der Waals surface area contributed by atoms with Crippen LogP contribution in [0.25, 0.3) is 17.1 Å². The molecule has 8 heteroatoms. The van der Waals surface area contributed by atoms with E-state index in [1.807, 2.05) is 0 Å². The quantitative estimate of drug-likeness (QED) is 0.657. The minimum atomic E-state index is -3.69. The van der Waals surface area contributed by atoms with Crippen LogP contribution < -0.4 is 11.3 Å². The highest BCUT2D eigenvalue weighted by atomic mass is 32.2. The number of aromatic nitrogens is 2. The van der Waals surface area contributed by atoms with Crippen molar-refractivity contribution in [3.05, 3.63) is 75.1 Å². The first kappa shape index (κ1) is 14.6. The van der Waals surface area contributed by atoms with Gasteiger partial charge in [0, 0.05) is 11.8 Å². The van der Waals surface area contributed by atoms with Gasteiger partial charge in [0.1, 0.15) is 5.82 Å². The molecule has 0 unspecified atom stereocenters. The minimum Gasteiger partial charge on any atom is -0.408 e. The largest absolute Gasteiger partial charge is 0.428 e. The summed E-state index contributed by atoms with van der Waals surface area (Å²) in [6, 6.07) is 10.9. The molecule has 2 aromatic heterocycles. The monoisotopic (exact) mass is 342 g/mol. The van der Waals surface area contributed by atoms with Gasteiger partial charge in [-0.3, -0.25) is 4.79 Å². The first-order valence-electron chi connectivity index (χ1n) is 7.01. The predicted molar refractivity (Wildman–Crippen MR) is 84.7 cm³/mol. The maximum atomic E-state index is 12.7. The molecule has 0 fully saturated rings. The molecule has 1 aromatic carbocycles. The maximum absolute atomic E-state index is 12.7. The maximum Gasteiger partial charge on any atom is 0.428 e. The smallest absolute Gasteiger partial charge is 0.408 e. The highest BCUT2D eigenvalue weighted by molar-refractivity contribution is 7.90. The standard InChI is InChI=1S/C16H10N2O5S/c19-15-11-9-24(21,22)12-6-2-1-5-10(12)14(11)23-16(20)18(15)13-7-3-4-8-17-13/h1-8H,9H2. The van der Waals surface area contributed by atoms with Crippen LogP contribution in [0.15, 0.2) is 67.6 Å². The number of nitrogens with zero attached hydrogens (tertiary/aromatic N) is 2. The Morgan fingerprint density at radius 1 is 1.04 bits per heavy atom. The Bertz CT molecular complexity index is 1180. The van der Waals surface area contributed by atoms with Crippen LogP contribution in [0, 0.1) is 0 Å². The van der Waals surface area contributed by atoms with Crippen LogP contribution >= 0.6 is 0 Å². The van der Waals surface area contributed by atoms with Crippen LogP contribution in [0.5, 0.6) is 0 Å². The Morgan fingerprint density at radius 2 is 1.79 bits per heavy atom. The van der Waals surface area contributed by atoms with Gasteiger partial charge in [0.25, 0.3) is 5.56 Å². The SMILES string of the molecule is O=c1oc2c(c(=O)n1-c1ccccn1)CS(=O)(=O)c1ccccc1-2. The van der Waals surface area contributed by atoms with Crippen LogP contribution in [-0.4, -0.2) is 18.0 Å². The van der Waals surface area contributed by atoms with E-state index in [2.05, 4.69) is 4.98 Å². The van der Waals surface area contributed by atoms with Crippen molar-refractivity contribution in [3.8, 4) is 17.1 Å². The van der Waals surface area contributed by atoms with Gasteiger partial charge < -0.3 is 4.42 Å². The molecule has 7 nitrogen and oxygen atoms in total. The first-order chi connectivity index (χ1) is 11.5. The van der Waals surface area contributed by atoms with Gasteiger partial charge in [-0.25, -0.2) is 18.2 Å². The lowest BCUT2D eigenvalue weighted by atomic mass is 10.1. The summed E-state index contributed by atoms with van der Waals surface area (Å²) in [5.41, 5.74) is -0.585. The molecule has 0 saturated carbocycles. The van der Waals surface area contributed by atoms with Crippen LogP contribution in [0.4, 0.5) is 0 Å². The molecule has 0 spiro atoms. The van der Waals surface area contributed by atoms with Crippen molar-refractivity contribution in [2.45, 2.75) is 10.6 Å². The summed E-state index contributed by atoms with van der Waals surface area (Å²) >= 11 is 0. The van der Waals surface area contributed by atoms with Gasteiger partial charge in [0.05, 0.1) is 16.2 Å². The molecule has 24 heavy (non-hydrogen) atoms. The van der Waals surface area contributed by atoms with Gasteiger partial charge in [-0.15, -0.1) is 0 Å². The minimum absolute atomic E-state index is 0.00241. The van der Waals surface area contributed by atoms with Crippen molar-refractivity contribution in [1.82, 2.24) is 9.55 Å². The molecule has 3 aromatic rings. The van der Waals surface area contributed by atoms with E-state index >= 15 is 0 Å². The molecular formula is C16H10N2O5S. The van der Waals surface area contributed by atoms with Gasteiger partial charge in [0.2, 0.25) is 0 Å². The number of sulfone groups is 1. The molecule has 0 amide bonds. The van der Waals surface area contributed by atoms with Gasteiger partial charge in [-0.2, -0.15) is 4.57 Å². The summed E-state index contributed by atoms with van der Waals surface area (Å²) in [5.74, 6) is -1.35. The zero-order valence-electron chi connectivity index (χ0n) is 12.2. The Balaban J connectivity index is 2.10. The van der Waals surface area contributed by atoms with Gasteiger partial charge in [-0.05, 0) is 24.3 Å². The third-order valence-electron chi connectivity index (χ3n) is 3.79. The number of hydrogen-bond acceptors (Lipinski definition) is 6. The van der Waals surface area contributed by atoms with Crippen molar-refractivity contribution >= 4 is 9.84 Å². The second-order valence-corrected chi connectivity index (χ2v) is 7.22. The number of fused-ring (bicyclic) bond motifs is 3. The van der Waals surface area contributed by atoms with Crippen molar-refractivity contribution in [2.75, 3.05) is 0 Å².